The molecule has 21 heavy (non-hydrogen) atoms. The Kier molecular flexibility index (Phi) is 3.65. The minimum Gasteiger partial charge on any atom is -0.487 e. The second kappa shape index (κ2) is 5.60. The number of hydrogen-bond acceptors (Lipinski definition) is 1. The van der Waals surface area contributed by atoms with Crippen molar-refractivity contribution in [2.75, 3.05) is 0 Å². The first-order chi connectivity index (χ1) is 10.1. The molecule has 3 heteroatoms. The third kappa shape index (κ3) is 2.77. The topological polar surface area (TPSA) is 14.2 Å². The molecule has 0 fully saturated rings. The van der Waals surface area contributed by atoms with Crippen LogP contribution in [0.15, 0.2) is 54.6 Å². The van der Waals surface area contributed by atoms with E-state index in [2.05, 4.69) is 36.6 Å². The van der Waals surface area contributed by atoms with Crippen molar-refractivity contribution in [3.05, 3.63) is 66.1 Å². The average molecular weight is 283 g/mol. The molecule has 108 valence electrons. The molecule has 1 aromatic heterocycles. The van der Waals surface area contributed by atoms with E-state index in [0.717, 1.165) is 5.69 Å². The van der Waals surface area contributed by atoms with Crippen LogP contribution in [0.2, 0.25) is 0 Å². The minimum atomic E-state index is -0.281. The van der Waals surface area contributed by atoms with Crippen LogP contribution >= 0.6 is 0 Å². The van der Waals surface area contributed by atoms with Crippen molar-refractivity contribution in [3.63, 3.8) is 0 Å². The molecule has 0 aliphatic carbocycles. The molecule has 0 saturated heterocycles. The Morgan fingerprint density at radius 3 is 2.62 bits per heavy atom. The maximum Gasteiger partial charge on any atom is 0.128 e. The maximum absolute atomic E-state index is 13.2. The van der Waals surface area contributed by atoms with Crippen LogP contribution in [0.25, 0.3) is 10.9 Å². The number of fused-ring (bicyclic) bond motifs is 1. The monoisotopic (exact) mass is 283 g/mol. The van der Waals surface area contributed by atoms with Crippen LogP contribution in [-0.4, -0.2) is 4.57 Å². The molecule has 0 aliphatic rings. The lowest BCUT2D eigenvalue weighted by Gasteiger charge is -2.15. The van der Waals surface area contributed by atoms with E-state index in [1.807, 2.05) is 12.1 Å². The number of halogens is 1. The number of ether oxygens (including phenoxy) is 1. The lowest BCUT2D eigenvalue weighted by molar-refractivity contribution is 0.291. The van der Waals surface area contributed by atoms with Crippen molar-refractivity contribution in [2.45, 2.75) is 26.5 Å². The third-order valence-electron chi connectivity index (χ3n) is 3.53. The molecular weight excluding hydrogens is 265 g/mol. The van der Waals surface area contributed by atoms with Crippen molar-refractivity contribution in [1.82, 2.24) is 4.57 Å². The van der Waals surface area contributed by atoms with E-state index in [0.29, 0.717) is 18.4 Å². The molecule has 2 aromatic carbocycles. The molecule has 0 unspecified atom stereocenters. The van der Waals surface area contributed by atoms with Crippen LogP contribution in [0.3, 0.4) is 0 Å². The zero-order valence-electron chi connectivity index (χ0n) is 12.2. The smallest absolute Gasteiger partial charge is 0.128 e. The molecule has 0 spiro atoms. The number of rotatable bonds is 4. The number of para-hydroxylation sites is 1. The van der Waals surface area contributed by atoms with E-state index < -0.39 is 0 Å². The Labute approximate surface area is 123 Å². The summed E-state index contributed by atoms with van der Waals surface area (Å²) in [7, 11) is 0. The van der Waals surface area contributed by atoms with E-state index in [-0.39, 0.29) is 5.82 Å². The largest absolute Gasteiger partial charge is 0.487 e. The second-order valence-electron chi connectivity index (χ2n) is 5.40. The van der Waals surface area contributed by atoms with Crippen molar-refractivity contribution >= 4 is 10.9 Å². The number of nitrogens with zero attached hydrogens (tertiary/aromatic N) is 1. The predicted octanol–water partition coefficient (Wildman–Crippen LogP) is 4.94. The zero-order valence-corrected chi connectivity index (χ0v) is 12.2. The fourth-order valence-electron chi connectivity index (χ4n) is 2.67. The molecule has 0 N–H and O–H groups in total. The van der Waals surface area contributed by atoms with Gasteiger partial charge in [-0.25, -0.2) is 4.39 Å². The van der Waals surface area contributed by atoms with Crippen molar-refractivity contribution in [1.29, 1.82) is 0 Å². The first kappa shape index (κ1) is 13.7. The molecule has 0 saturated carbocycles. The standard InChI is InChI=1S/C18H18FNO/c1-13(2)20-16(10-14-6-3-4-9-18(14)20)12-21-17-8-5-7-15(19)11-17/h3-11,13H,12H2,1-2H3. The van der Waals surface area contributed by atoms with E-state index in [1.54, 1.807) is 12.1 Å². The van der Waals surface area contributed by atoms with E-state index in [9.17, 15) is 4.39 Å². The second-order valence-corrected chi connectivity index (χ2v) is 5.40. The molecule has 1 heterocycles. The van der Waals surface area contributed by atoms with Crippen LogP contribution in [0.1, 0.15) is 25.6 Å². The third-order valence-corrected chi connectivity index (χ3v) is 3.53. The van der Waals surface area contributed by atoms with E-state index in [1.165, 1.54) is 23.0 Å². The molecule has 3 aromatic rings. The Hall–Kier alpha value is -2.29. The Bertz CT molecular complexity index is 761. The highest BCUT2D eigenvalue weighted by atomic mass is 19.1. The highest BCUT2D eigenvalue weighted by molar-refractivity contribution is 5.81. The van der Waals surface area contributed by atoms with E-state index in [4.69, 9.17) is 4.74 Å². The van der Waals surface area contributed by atoms with Gasteiger partial charge in [-0.05, 0) is 43.5 Å². The van der Waals surface area contributed by atoms with Gasteiger partial charge in [-0.3, -0.25) is 0 Å². The molecule has 0 aliphatic heterocycles. The van der Waals surface area contributed by atoms with Crippen LogP contribution in [0, 0.1) is 5.82 Å². The SMILES string of the molecule is CC(C)n1c(COc2cccc(F)c2)cc2ccccc21. The number of aromatic nitrogens is 1. The van der Waals surface area contributed by atoms with Crippen LogP contribution in [-0.2, 0) is 6.61 Å². The van der Waals surface area contributed by atoms with Gasteiger partial charge in [0.05, 0.1) is 5.69 Å². The summed E-state index contributed by atoms with van der Waals surface area (Å²) in [6, 6.07) is 17.0. The molecule has 3 rings (SSSR count). The average Bonchev–Trinajstić information content (AvgIpc) is 2.83. The summed E-state index contributed by atoms with van der Waals surface area (Å²) < 4.78 is 21.2. The van der Waals surface area contributed by atoms with Crippen LogP contribution < -0.4 is 4.74 Å². The maximum atomic E-state index is 13.2. The van der Waals surface area contributed by atoms with Crippen molar-refractivity contribution < 1.29 is 9.13 Å². The molecule has 0 bridgehead atoms. The Morgan fingerprint density at radius 2 is 1.86 bits per heavy atom. The van der Waals surface area contributed by atoms with Gasteiger partial charge in [0, 0.05) is 17.6 Å². The summed E-state index contributed by atoms with van der Waals surface area (Å²) in [5.41, 5.74) is 2.29. The van der Waals surface area contributed by atoms with Gasteiger partial charge in [0.25, 0.3) is 0 Å². The fraction of sp³-hybridized carbons (Fsp3) is 0.222. The minimum absolute atomic E-state index is 0.281. The summed E-state index contributed by atoms with van der Waals surface area (Å²) in [4.78, 5) is 0. The van der Waals surface area contributed by atoms with Crippen LogP contribution in [0.5, 0.6) is 5.75 Å². The Balaban J connectivity index is 1.91. The van der Waals surface area contributed by atoms with Crippen LogP contribution in [0.4, 0.5) is 4.39 Å². The van der Waals surface area contributed by atoms with Gasteiger partial charge in [0.15, 0.2) is 0 Å². The molecular formula is C18H18FNO. The summed E-state index contributed by atoms with van der Waals surface area (Å²) in [6.07, 6.45) is 0. The van der Waals surface area contributed by atoms with Gasteiger partial charge in [-0.1, -0.05) is 24.3 Å². The highest BCUT2D eigenvalue weighted by Crippen LogP contribution is 2.25. The van der Waals surface area contributed by atoms with Crippen molar-refractivity contribution in [2.24, 2.45) is 0 Å². The molecule has 0 radical (unpaired) electrons. The Morgan fingerprint density at radius 1 is 1.05 bits per heavy atom. The highest BCUT2D eigenvalue weighted by Gasteiger charge is 2.11. The predicted molar refractivity (Wildman–Crippen MR) is 83.1 cm³/mol. The van der Waals surface area contributed by atoms with Gasteiger partial charge >= 0.3 is 0 Å². The molecule has 0 amide bonds. The summed E-state index contributed by atoms with van der Waals surface area (Å²) in [5.74, 6) is 0.271. The quantitative estimate of drug-likeness (QED) is 0.661. The first-order valence-electron chi connectivity index (χ1n) is 7.12. The lowest BCUT2D eigenvalue weighted by Crippen LogP contribution is -2.08. The van der Waals surface area contributed by atoms with Gasteiger partial charge in [0.2, 0.25) is 0 Å². The van der Waals surface area contributed by atoms with Gasteiger partial charge in [0.1, 0.15) is 18.2 Å². The lowest BCUT2D eigenvalue weighted by atomic mass is 10.2. The fourth-order valence-corrected chi connectivity index (χ4v) is 2.67. The van der Waals surface area contributed by atoms with Gasteiger partial charge in [-0.2, -0.15) is 0 Å². The molecule has 0 atom stereocenters. The van der Waals surface area contributed by atoms with Crippen molar-refractivity contribution in [3.8, 4) is 5.75 Å². The van der Waals surface area contributed by atoms with E-state index >= 15 is 0 Å². The summed E-state index contributed by atoms with van der Waals surface area (Å²) >= 11 is 0. The number of benzene rings is 2. The number of hydrogen-bond donors (Lipinski definition) is 0. The van der Waals surface area contributed by atoms with Gasteiger partial charge in [-0.15, -0.1) is 0 Å². The molecule has 2 nitrogen and oxygen atoms in total. The first-order valence-corrected chi connectivity index (χ1v) is 7.12. The normalized spacial score (nSPS) is 11.2. The zero-order chi connectivity index (χ0) is 14.8. The summed E-state index contributed by atoms with van der Waals surface area (Å²) in [6.45, 7) is 4.73. The summed E-state index contributed by atoms with van der Waals surface area (Å²) in [5, 5.41) is 1.20. The van der Waals surface area contributed by atoms with Gasteiger partial charge < -0.3 is 9.30 Å².